The second kappa shape index (κ2) is 4.57. The lowest BCUT2D eigenvalue weighted by atomic mass is 10.2. The van der Waals surface area contributed by atoms with E-state index in [2.05, 4.69) is 10.3 Å². The number of fused-ring (bicyclic) bond motifs is 3. The van der Waals surface area contributed by atoms with Gasteiger partial charge in [-0.05, 0) is 18.6 Å². The van der Waals surface area contributed by atoms with E-state index in [0.29, 0.717) is 18.0 Å². The van der Waals surface area contributed by atoms with Crippen LogP contribution in [0.25, 0.3) is 0 Å². The van der Waals surface area contributed by atoms with Crippen LogP contribution >= 0.6 is 23.1 Å². The van der Waals surface area contributed by atoms with Gasteiger partial charge in [-0.15, -0.1) is 11.3 Å². The Kier molecular flexibility index (Phi) is 2.80. The quantitative estimate of drug-likeness (QED) is 0.925. The summed E-state index contributed by atoms with van der Waals surface area (Å²) < 4.78 is 0. The number of amides is 2. The summed E-state index contributed by atoms with van der Waals surface area (Å²) in [5.74, 6) is -0.175. The fourth-order valence-electron chi connectivity index (χ4n) is 2.78. The van der Waals surface area contributed by atoms with Gasteiger partial charge in [-0.3, -0.25) is 19.8 Å². The third kappa shape index (κ3) is 1.81. The summed E-state index contributed by atoms with van der Waals surface area (Å²) in [5, 5.41) is 5.20. The Hall–Kier alpha value is -1.86. The van der Waals surface area contributed by atoms with Crippen LogP contribution in [-0.2, 0) is 9.59 Å². The second-order valence-corrected chi connectivity index (χ2v) is 7.09. The van der Waals surface area contributed by atoms with E-state index in [1.807, 2.05) is 24.3 Å². The molecule has 0 spiro atoms. The van der Waals surface area contributed by atoms with Gasteiger partial charge in [0.15, 0.2) is 10.0 Å². The highest BCUT2D eigenvalue weighted by Gasteiger charge is 2.57. The molecule has 1 fully saturated rings. The molecule has 1 N–H and O–H groups in total. The fraction of sp³-hybridized carbons (Fsp3) is 0.214. The number of nitrogens with one attached hydrogen (secondary N) is 1. The highest BCUT2D eigenvalue weighted by Crippen LogP contribution is 2.55. The molecule has 106 valence electrons. The van der Waals surface area contributed by atoms with E-state index in [4.69, 9.17) is 0 Å². The minimum absolute atomic E-state index is 0.00161. The molecule has 2 aliphatic heterocycles. The molecule has 1 aromatic carbocycles. The van der Waals surface area contributed by atoms with E-state index in [1.54, 1.807) is 16.5 Å². The molecule has 0 aliphatic carbocycles. The van der Waals surface area contributed by atoms with E-state index in [-0.39, 0.29) is 11.8 Å². The van der Waals surface area contributed by atoms with Crippen LogP contribution in [-0.4, -0.2) is 21.7 Å². The second-order valence-electron chi connectivity index (χ2n) is 4.87. The predicted octanol–water partition coefficient (Wildman–Crippen LogP) is 2.71. The van der Waals surface area contributed by atoms with Crippen molar-refractivity contribution in [1.29, 1.82) is 0 Å². The van der Waals surface area contributed by atoms with Crippen LogP contribution in [0.2, 0.25) is 0 Å². The number of thiazole rings is 1. The molecule has 0 unspecified atom stereocenters. The van der Waals surface area contributed by atoms with Crippen LogP contribution in [0.3, 0.4) is 0 Å². The van der Waals surface area contributed by atoms with Gasteiger partial charge < -0.3 is 0 Å². The Morgan fingerprint density at radius 3 is 3.05 bits per heavy atom. The van der Waals surface area contributed by atoms with Gasteiger partial charge in [-0.25, -0.2) is 4.98 Å². The molecule has 1 aromatic heterocycles. The first-order valence-electron chi connectivity index (χ1n) is 6.53. The summed E-state index contributed by atoms with van der Waals surface area (Å²) in [6.45, 7) is 0. The van der Waals surface area contributed by atoms with Crippen molar-refractivity contribution < 1.29 is 9.59 Å². The maximum absolute atomic E-state index is 12.8. The van der Waals surface area contributed by atoms with E-state index < -0.39 is 4.87 Å². The molecule has 2 aliphatic rings. The molecule has 2 aromatic rings. The lowest BCUT2D eigenvalue weighted by molar-refractivity contribution is -0.121. The number of hydrogen-bond donors (Lipinski definition) is 1. The number of carbonyl (C=O) groups excluding carboxylic acids is 2. The standard InChI is InChI=1S/C14H11N3O2S2/c18-11-5-6-14(12(19)16-13-15-7-8-20-13)17(11)9-3-1-2-4-10(9)21-14/h1-4,7-8H,5-6H2,(H,15,16,19)/t14-/m0/s1. The summed E-state index contributed by atoms with van der Waals surface area (Å²) in [4.78, 5) is 30.9. The number of rotatable bonds is 2. The van der Waals surface area contributed by atoms with Gasteiger partial charge in [-0.1, -0.05) is 23.9 Å². The zero-order valence-electron chi connectivity index (χ0n) is 10.9. The first kappa shape index (κ1) is 12.8. The number of para-hydroxylation sites is 1. The number of hydrogen-bond acceptors (Lipinski definition) is 5. The first-order valence-corrected chi connectivity index (χ1v) is 8.22. The Labute approximate surface area is 129 Å². The van der Waals surface area contributed by atoms with Crippen molar-refractivity contribution in [1.82, 2.24) is 4.98 Å². The minimum atomic E-state index is -0.869. The van der Waals surface area contributed by atoms with E-state index in [9.17, 15) is 9.59 Å². The predicted molar refractivity (Wildman–Crippen MR) is 82.5 cm³/mol. The third-order valence-corrected chi connectivity index (χ3v) is 5.84. The Bertz CT molecular complexity index is 732. The molecule has 4 rings (SSSR count). The van der Waals surface area contributed by atoms with Crippen molar-refractivity contribution >= 4 is 45.7 Å². The van der Waals surface area contributed by atoms with Gasteiger partial charge in [0.25, 0.3) is 5.91 Å². The minimum Gasteiger partial charge on any atom is -0.299 e. The maximum atomic E-state index is 12.8. The number of carbonyl (C=O) groups is 2. The van der Waals surface area contributed by atoms with Gasteiger partial charge >= 0.3 is 0 Å². The number of benzene rings is 1. The van der Waals surface area contributed by atoms with Gasteiger partial charge in [-0.2, -0.15) is 0 Å². The highest BCUT2D eigenvalue weighted by molar-refractivity contribution is 8.02. The van der Waals surface area contributed by atoms with Crippen LogP contribution < -0.4 is 10.2 Å². The van der Waals surface area contributed by atoms with Crippen LogP contribution in [0.5, 0.6) is 0 Å². The summed E-state index contributed by atoms with van der Waals surface area (Å²) in [5.41, 5.74) is 0.833. The molecule has 7 heteroatoms. The normalized spacial score (nSPS) is 23.0. The zero-order chi connectivity index (χ0) is 14.4. The average Bonchev–Trinajstić information content (AvgIpc) is 3.15. The molecule has 1 atom stereocenters. The lowest BCUT2D eigenvalue weighted by Crippen LogP contribution is -2.49. The van der Waals surface area contributed by atoms with Gasteiger partial charge in [0.05, 0.1) is 5.69 Å². The Balaban J connectivity index is 1.73. The van der Waals surface area contributed by atoms with E-state index in [1.165, 1.54) is 23.1 Å². The average molecular weight is 317 g/mol. The third-order valence-electron chi connectivity index (χ3n) is 3.68. The topological polar surface area (TPSA) is 62.3 Å². The molecule has 2 amide bonds. The highest BCUT2D eigenvalue weighted by atomic mass is 32.2. The molecule has 0 bridgehead atoms. The summed E-state index contributed by atoms with van der Waals surface area (Å²) in [6, 6.07) is 7.65. The zero-order valence-corrected chi connectivity index (χ0v) is 12.5. The van der Waals surface area contributed by atoms with Crippen molar-refractivity contribution in [2.24, 2.45) is 0 Å². The molecule has 21 heavy (non-hydrogen) atoms. The number of thioether (sulfide) groups is 1. The smallest absolute Gasteiger partial charge is 0.263 e. The number of aromatic nitrogens is 1. The molecular weight excluding hydrogens is 306 g/mol. The van der Waals surface area contributed by atoms with Crippen molar-refractivity contribution in [2.75, 3.05) is 10.2 Å². The maximum Gasteiger partial charge on any atom is 0.263 e. The lowest BCUT2D eigenvalue weighted by Gasteiger charge is -2.29. The van der Waals surface area contributed by atoms with Crippen molar-refractivity contribution in [3.63, 3.8) is 0 Å². The van der Waals surface area contributed by atoms with Crippen LogP contribution in [0, 0.1) is 0 Å². The molecule has 1 saturated heterocycles. The van der Waals surface area contributed by atoms with E-state index >= 15 is 0 Å². The number of anilines is 2. The molecule has 0 radical (unpaired) electrons. The van der Waals surface area contributed by atoms with Crippen LogP contribution in [0.1, 0.15) is 12.8 Å². The SMILES string of the molecule is O=C1CC[C@@]2(C(=O)Nc3nccs3)Sc3ccccc3N12. The first-order chi connectivity index (χ1) is 10.2. The Morgan fingerprint density at radius 1 is 1.38 bits per heavy atom. The van der Waals surface area contributed by atoms with Crippen LogP contribution in [0.15, 0.2) is 40.7 Å². The molecule has 5 nitrogen and oxygen atoms in total. The fourth-order valence-corrected chi connectivity index (χ4v) is 4.72. The summed E-state index contributed by atoms with van der Waals surface area (Å²) >= 11 is 2.83. The van der Waals surface area contributed by atoms with Gasteiger partial charge in [0.1, 0.15) is 0 Å². The van der Waals surface area contributed by atoms with Gasteiger partial charge in [0.2, 0.25) is 5.91 Å². The Morgan fingerprint density at radius 2 is 2.24 bits per heavy atom. The number of nitrogens with zero attached hydrogens (tertiary/aromatic N) is 2. The van der Waals surface area contributed by atoms with Crippen molar-refractivity contribution in [3.05, 3.63) is 35.8 Å². The molecule has 0 saturated carbocycles. The largest absolute Gasteiger partial charge is 0.299 e. The molecular formula is C14H11N3O2S2. The summed E-state index contributed by atoms with van der Waals surface area (Å²) in [7, 11) is 0. The van der Waals surface area contributed by atoms with Crippen molar-refractivity contribution in [3.8, 4) is 0 Å². The van der Waals surface area contributed by atoms with Crippen LogP contribution in [0.4, 0.5) is 10.8 Å². The molecule has 3 heterocycles. The monoisotopic (exact) mass is 317 g/mol. The van der Waals surface area contributed by atoms with Crippen molar-refractivity contribution in [2.45, 2.75) is 22.6 Å². The van der Waals surface area contributed by atoms with Gasteiger partial charge in [0, 0.05) is 22.9 Å². The van der Waals surface area contributed by atoms with E-state index in [0.717, 1.165) is 10.6 Å². The summed E-state index contributed by atoms with van der Waals surface area (Å²) in [6.07, 6.45) is 2.56.